The maximum absolute atomic E-state index is 9.99. The molecule has 82 valence electrons. The molecule has 1 aromatic rings. The molecule has 1 aromatic heterocycles. The van der Waals surface area contributed by atoms with Gasteiger partial charge in [0.05, 0.1) is 6.33 Å². The van der Waals surface area contributed by atoms with E-state index in [1.54, 1.807) is 25.6 Å². The number of aromatic nitrogens is 2. The molecule has 6 heteroatoms. The maximum Gasteiger partial charge on any atom is 0.506 e. The molecule has 1 heterocycles. The van der Waals surface area contributed by atoms with Gasteiger partial charge in [0.2, 0.25) is 0 Å². The Bertz CT molecular complexity index is 177. The van der Waals surface area contributed by atoms with E-state index < -0.39 is 21.1 Å². The molecule has 1 rings (SSSR count). The number of aromatic amines is 1. The van der Waals surface area contributed by atoms with E-state index in [0.717, 1.165) is 12.8 Å². The number of hydrogen-bond donors (Lipinski definition) is 1. The predicted octanol–water partition coefficient (Wildman–Crippen LogP) is -3.31. The maximum atomic E-state index is 9.99. The average molecular weight is 314 g/mol. The van der Waals surface area contributed by atoms with Gasteiger partial charge in [0.15, 0.2) is 0 Å². The molecule has 0 aliphatic heterocycles. The van der Waals surface area contributed by atoms with Crippen molar-refractivity contribution in [2.45, 2.75) is 32.8 Å². The van der Waals surface area contributed by atoms with E-state index in [0.29, 0.717) is 0 Å². The van der Waals surface area contributed by atoms with Crippen LogP contribution in [0.1, 0.15) is 26.7 Å². The Labute approximate surface area is 92.6 Å². The van der Waals surface area contributed by atoms with Gasteiger partial charge in [0.25, 0.3) is 0 Å². The number of hydrogen-bond acceptors (Lipinski definition) is 4. The first-order valence-corrected chi connectivity index (χ1v) is 6.96. The lowest BCUT2D eigenvalue weighted by Crippen LogP contribution is -3.99. The largest absolute Gasteiger partial charge is 0.506 e. The summed E-state index contributed by atoms with van der Waals surface area (Å²) in [7, 11) is 0. The van der Waals surface area contributed by atoms with Gasteiger partial charge in [-0.2, -0.15) is 0 Å². The first-order valence-electron chi connectivity index (χ1n) is 4.32. The van der Waals surface area contributed by atoms with Gasteiger partial charge in [-0.3, -0.25) is 0 Å². The Hall–Kier alpha value is -0.180. The Kier molecular flexibility index (Phi) is 9.26. The molecule has 0 bridgehead atoms. The number of halogens is 1. The van der Waals surface area contributed by atoms with Gasteiger partial charge in [-0.1, -0.05) is 13.3 Å². The molecule has 5 nitrogen and oxygen atoms in total. The summed E-state index contributed by atoms with van der Waals surface area (Å²) in [6, 6.07) is 0. The smallest absolute Gasteiger partial charge is 0.396 e. The van der Waals surface area contributed by atoms with Gasteiger partial charge < -0.3 is 11.9 Å². The third-order valence-corrected chi connectivity index (χ3v) is 2.61. The summed E-state index contributed by atoms with van der Waals surface area (Å²) < 4.78 is 24.5. The fourth-order valence-electron chi connectivity index (χ4n) is 0.790. The zero-order chi connectivity index (χ0) is 10.8. The van der Waals surface area contributed by atoms with Crippen molar-refractivity contribution >= 4 is 0 Å². The van der Waals surface area contributed by atoms with E-state index in [4.69, 9.17) is 0 Å². The van der Waals surface area contributed by atoms with Crippen molar-refractivity contribution in [1.29, 1.82) is 0 Å². The van der Waals surface area contributed by atoms with Crippen LogP contribution in [0.25, 0.3) is 0 Å². The van der Waals surface area contributed by atoms with Gasteiger partial charge in [-0.15, -0.1) is 0 Å². The van der Waals surface area contributed by atoms with Crippen LogP contribution in [0.3, 0.4) is 0 Å². The zero-order valence-electron chi connectivity index (χ0n) is 8.27. The summed E-state index contributed by atoms with van der Waals surface area (Å²) in [5.41, 5.74) is 0. The summed E-state index contributed by atoms with van der Waals surface area (Å²) in [5.74, 6) is 0. The van der Waals surface area contributed by atoms with Crippen molar-refractivity contribution in [3.05, 3.63) is 18.7 Å². The van der Waals surface area contributed by atoms with Crippen LogP contribution in [0, 0.1) is 0 Å². The number of nitrogens with one attached hydrogen (secondary N) is 1. The molecule has 1 N–H and O–H groups in total. The predicted molar refractivity (Wildman–Crippen MR) is 44.0 cm³/mol. The molecule has 0 saturated carbocycles. The van der Waals surface area contributed by atoms with Crippen molar-refractivity contribution in [2.24, 2.45) is 0 Å². The van der Waals surface area contributed by atoms with Crippen LogP contribution in [0.4, 0.5) is 0 Å². The van der Waals surface area contributed by atoms with Crippen LogP contribution in [0.15, 0.2) is 18.7 Å². The van der Waals surface area contributed by atoms with Crippen LogP contribution < -0.4 is 27.9 Å². The molecule has 1 atom stereocenters. The Balaban J connectivity index is 0.000000280. The molecule has 1 unspecified atom stereocenters. The van der Waals surface area contributed by atoms with Crippen molar-refractivity contribution < 1.29 is 31.0 Å². The fourth-order valence-corrected chi connectivity index (χ4v) is 1.75. The summed E-state index contributed by atoms with van der Waals surface area (Å²) in [6.45, 7) is 3.76. The second kappa shape index (κ2) is 9.38. The molecular formula is C8H15IN2O3. The van der Waals surface area contributed by atoms with E-state index in [1.165, 1.54) is 0 Å². The fraction of sp³-hybridized carbons (Fsp3) is 0.625. The SMILES string of the molecule is CCCC(C)O[I+2]([O-])[O-].c1c[nH]cn1. The first kappa shape index (κ1) is 13.8. The van der Waals surface area contributed by atoms with Crippen molar-refractivity contribution in [2.75, 3.05) is 0 Å². The number of imidazole rings is 1. The standard InChI is InChI=1S/C5H11IO3.C3H4N2/c1-3-4-5(2)9-6(7)8;1-2-5-3-4-1/h5H,3-4H2,1-2H3;1-3H,(H,4,5). The molecule has 0 aromatic carbocycles. The van der Waals surface area contributed by atoms with Crippen molar-refractivity contribution in [3.63, 3.8) is 0 Å². The number of nitrogens with zero attached hydrogens (tertiary/aromatic N) is 1. The van der Waals surface area contributed by atoms with E-state index in [1.807, 2.05) is 6.92 Å². The number of H-pyrrole nitrogens is 1. The van der Waals surface area contributed by atoms with Crippen LogP contribution in [0.5, 0.6) is 0 Å². The minimum atomic E-state index is -3.41. The highest BCUT2D eigenvalue weighted by Crippen LogP contribution is 1.94. The van der Waals surface area contributed by atoms with E-state index in [-0.39, 0.29) is 6.10 Å². The van der Waals surface area contributed by atoms with Gasteiger partial charge in [-0.25, -0.2) is 4.98 Å². The molecular weight excluding hydrogens is 299 g/mol. The lowest BCUT2D eigenvalue weighted by molar-refractivity contribution is -1.63. The highest BCUT2D eigenvalue weighted by atomic mass is 127. The van der Waals surface area contributed by atoms with Gasteiger partial charge >= 0.3 is 21.1 Å². The van der Waals surface area contributed by atoms with Crippen LogP contribution in [-0.2, 0) is 3.07 Å². The summed E-state index contributed by atoms with van der Waals surface area (Å²) in [4.78, 5) is 6.42. The van der Waals surface area contributed by atoms with Crippen LogP contribution in [0.2, 0.25) is 0 Å². The molecule has 0 radical (unpaired) electrons. The Morgan fingerprint density at radius 2 is 2.29 bits per heavy atom. The zero-order valence-corrected chi connectivity index (χ0v) is 10.4. The number of rotatable bonds is 4. The van der Waals surface area contributed by atoms with Crippen LogP contribution in [-0.4, -0.2) is 16.1 Å². The Morgan fingerprint density at radius 1 is 1.57 bits per heavy atom. The minimum Gasteiger partial charge on any atom is -0.396 e. The monoisotopic (exact) mass is 314 g/mol. The van der Waals surface area contributed by atoms with E-state index >= 15 is 0 Å². The molecule has 0 spiro atoms. The average Bonchev–Trinajstić information content (AvgIpc) is 2.59. The molecule has 0 fully saturated rings. The highest BCUT2D eigenvalue weighted by molar-refractivity contribution is 4.64. The molecule has 0 saturated heterocycles. The van der Waals surface area contributed by atoms with Gasteiger partial charge in [-0.05, 0) is 16.4 Å². The van der Waals surface area contributed by atoms with Gasteiger partial charge in [0.1, 0.15) is 6.10 Å². The van der Waals surface area contributed by atoms with Crippen molar-refractivity contribution in [1.82, 2.24) is 9.97 Å². The van der Waals surface area contributed by atoms with Crippen LogP contribution >= 0.6 is 0 Å². The molecule has 0 aliphatic rings. The molecule has 0 aliphatic carbocycles. The Morgan fingerprint density at radius 3 is 2.57 bits per heavy atom. The lowest BCUT2D eigenvalue weighted by Gasteiger charge is -1.99. The summed E-state index contributed by atoms with van der Waals surface area (Å²) >= 11 is -3.41. The lowest BCUT2D eigenvalue weighted by atomic mass is 10.2. The molecule has 14 heavy (non-hydrogen) atoms. The molecule has 0 amide bonds. The summed E-state index contributed by atoms with van der Waals surface area (Å²) in [5, 5.41) is 0. The van der Waals surface area contributed by atoms with Crippen molar-refractivity contribution in [3.8, 4) is 0 Å². The second-order valence-electron chi connectivity index (χ2n) is 2.64. The normalized spacial score (nSPS) is 12.1. The third-order valence-electron chi connectivity index (χ3n) is 1.33. The first-order chi connectivity index (χ1) is 6.66. The minimum absolute atomic E-state index is 0.116. The van der Waals surface area contributed by atoms with E-state index in [2.05, 4.69) is 13.0 Å². The van der Waals surface area contributed by atoms with Gasteiger partial charge in [0, 0.05) is 12.4 Å². The summed E-state index contributed by atoms with van der Waals surface area (Å²) in [6.07, 6.45) is 6.75. The third kappa shape index (κ3) is 9.90. The quantitative estimate of drug-likeness (QED) is 0.590. The van der Waals surface area contributed by atoms with E-state index in [9.17, 15) is 6.87 Å². The highest BCUT2D eigenvalue weighted by Gasteiger charge is 2.17. The topological polar surface area (TPSA) is 84.0 Å². The second-order valence-corrected chi connectivity index (χ2v) is 4.23.